The van der Waals surface area contributed by atoms with Crippen molar-refractivity contribution in [1.82, 2.24) is 15.1 Å². The summed E-state index contributed by atoms with van der Waals surface area (Å²) in [6.07, 6.45) is 2.16. The molecule has 2 fully saturated rings. The van der Waals surface area contributed by atoms with Crippen molar-refractivity contribution in [3.63, 3.8) is 0 Å². The molecule has 2 amide bonds. The van der Waals surface area contributed by atoms with E-state index in [1.165, 1.54) is 0 Å². The summed E-state index contributed by atoms with van der Waals surface area (Å²) in [6, 6.07) is 7.64. The third-order valence-corrected chi connectivity index (χ3v) is 5.59. The van der Waals surface area contributed by atoms with Crippen LogP contribution in [0, 0.1) is 11.8 Å². The molecular formula is C18H23N3O2. The first-order chi connectivity index (χ1) is 11.2. The number of benzene rings is 1. The monoisotopic (exact) mass is 313 g/mol. The van der Waals surface area contributed by atoms with Gasteiger partial charge < -0.3 is 15.1 Å². The molecule has 1 N–H and O–H groups in total. The first kappa shape index (κ1) is 14.7. The average Bonchev–Trinajstić information content (AvgIpc) is 3.07. The van der Waals surface area contributed by atoms with Gasteiger partial charge in [-0.2, -0.15) is 0 Å². The summed E-state index contributed by atoms with van der Waals surface area (Å²) in [5, 5.41) is 3.45. The smallest absolute Gasteiger partial charge is 0.254 e. The molecule has 23 heavy (non-hydrogen) atoms. The van der Waals surface area contributed by atoms with Crippen LogP contribution in [0.5, 0.6) is 0 Å². The standard InChI is InChI=1S/C18H23N3O2/c22-17(20-7-5-13-9-19-10-14(13)6-8-20)12-21-11-15-3-1-2-4-16(15)18(21)23/h1-4,13-14,19H,5-12H2/t13-,14+. The highest BCUT2D eigenvalue weighted by molar-refractivity contribution is 6.00. The van der Waals surface area contributed by atoms with Crippen molar-refractivity contribution in [2.24, 2.45) is 11.8 Å². The van der Waals surface area contributed by atoms with Gasteiger partial charge in [0.05, 0.1) is 0 Å². The topological polar surface area (TPSA) is 52.7 Å². The number of carbonyl (C=O) groups is 2. The van der Waals surface area contributed by atoms with Crippen LogP contribution in [0.2, 0.25) is 0 Å². The fraction of sp³-hybridized carbons (Fsp3) is 0.556. The van der Waals surface area contributed by atoms with E-state index in [1.54, 1.807) is 4.90 Å². The molecule has 0 spiro atoms. The average molecular weight is 313 g/mol. The van der Waals surface area contributed by atoms with Crippen molar-refractivity contribution in [1.29, 1.82) is 0 Å². The third kappa shape index (κ3) is 2.74. The van der Waals surface area contributed by atoms with Gasteiger partial charge >= 0.3 is 0 Å². The molecule has 3 heterocycles. The van der Waals surface area contributed by atoms with E-state index in [4.69, 9.17) is 0 Å². The molecule has 0 radical (unpaired) electrons. The van der Waals surface area contributed by atoms with E-state index < -0.39 is 0 Å². The van der Waals surface area contributed by atoms with Gasteiger partial charge in [-0.05, 0) is 49.4 Å². The van der Waals surface area contributed by atoms with Crippen molar-refractivity contribution in [3.8, 4) is 0 Å². The second-order valence-corrected chi connectivity index (χ2v) is 6.95. The Morgan fingerprint density at radius 1 is 1.13 bits per heavy atom. The highest BCUT2D eigenvalue weighted by Gasteiger charge is 2.33. The number of rotatable bonds is 2. The minimum atomic E-state index is -0.00941. The lowest BCUT2D eigenvalue weighted by Crippen LogP contribution is -2.41. The number of nitrogens with zero attached hydrogens (tertiary/aromatic N) is 2. The minimum Gasteiger partial charge on any atom is -0.341 e. The molecule has 5 heteroatoms. The maximum Gasteiger partial charge on any atom is 0.254 e. The van der Waals surface area contributed by atoms with Crippen LogP contribution >= 0.6 is 0 Å². The largest absolute Gasteiger partial charge is 0.341 e. The summed E-state index contributed by atoms with van der Waals surface area (Å²) in [7, 11) is 0. The summed E-state index contributed by atoms with van der Waals surface area (Å²) < 4.78 is 0. The normalized spacial score (nSPS) is 26.9. The lowest BCUT2D eigenvalue weighted by Gasteiger charge is -2.24. The Labute approximate surface area is 136 Å². The Hall–Kier alpha value is -1.88. The molecule has 3 aliphatic rings. The SMILES string of the molecule is O=C(CN1Cc2ccccc2C1=O)N1CC[C@@H]2CNC[C@@H]2CC1. The Morgan fingerprint density at radius 2 is 1.83 bits per heavy atom. The minimum absolute atomic E-state index is 0.00941. The predicted octanol–water partition coefficient (Wildman–Crippen LogP) is 1.10. The van der Waals surface area contributed by atoms with Gasteiger partial charge in [-0.15, -0.1) is 0 Å². The number of hydrogen-bond acceptors (Lipinski definition) is 3. The van der Waals surface area contributed by atoms with Gasteiger partial charge in [0.1, 0.15) is 6.54 Å². The number of likely N-dealkylation sites (tertiary alicyclic amines) is 1. The molecule has 2 atom stereocenters. The van der Waals surface area contributed by atoms with E-state index in [2.05, 4.69) is 5.32 Å². The van der Waals surface area contributed by atoms with E-state index in [0.717, 1.165) is 50.1 Å². The number of amides is 2. The number of nitrogens with one attached hydrogen (secondary N) is 1. The van der Waals surface area contributed by atoms with Gasteiger partial charge in [0.2, 0.25) is 5.91 Å². The predicted molar refractivity (Wildman–Crippen MR) is 86.8 cm³/mol. The van der Waals surface area contributed by atoms with E-state index in [1.807, 2.05) is 29.2 Å². The molecular weight excluding hydrogens is 290 g/mol. The zero-order chi connectivity index (χ0) is 15.8. The van der Waals surface area contributed by atoms with Gasteiger partial charge in [-0.3, -0.25) is 9.59 Å². The van der Waals surface area contributed by atoms with Crippen molar-refractivity contribution in [2.45, 2.75) is 19.4 Å². The summed E-state index contributed by atoms with van der Waals surface area (Å²) >= 11 is 0. The maximum atomic E-state index is 12.6. The number of hydrogen-bond donors (Lipinski definition) is 1. The first-order valence-electron chi connectivity index (χ1n) is 8.58. The second kappa shape index (κ2) is 5.96. The highest BCUT2D eigenvalue weighted by Crippen LogP contribution is 2.27. The van der Waals surface area contributed by atoms with Gasteiger partial charge in [0.25, 0.3) is 5.91 Å². The molecule has 0 aromatic heterocycles. The zero-order valence-corrected chi connectivity index (χ0v) is 13.3. The van der Waals surface area contributed by atoms with Crippen LogP contribution in [0.3, 0.4) is 0 Å². The molecule has 5 nitrogen and oxygen atoms in total. The van der Waals surface area contributed by atoms with Crippen molar-refractivity contribution in [3.05, 3.63) is 35.4 Å². The van der Waals surface area contributed by atoms with Crippen LogP contribution in [0.25, 0.3) is 0 Å². The van der Waals surface area contributed by atoms with Gasteiger partial charge in [0, 0.05) is 25.2 Å². The fourth-order valence-corrected chi connectivity index (χ4v) is 4.17. The molecule has 0 aliphatic carbocycles. The molecule has 0 saturated carbocycles. The molecule has 3 aliphatic heterocycles. The molecule has 1 aromatic rings. The van der Waals surface area contributed by atoms with E-state index in [0.29, 0.717) is 18.4 Å². The Morgan fingerprint density at radius 3 is 2.52 bits per heavy atom. The molecule has 122 valence electrons. The van der Waals surface area contributed by atoms with Gasteiger partial charge in [-0.1, -0.05) is 18.2 Å². The molecule has 0 unspecified atom stereocenters. The van der Waals surface area contributed by atoms with Crippen LogP contribution in [0.4, 0.5) is 0 Å². The second-order valence-electron chi connectivity index (χ2n) is 6.95. The van der Waals surface area contributed by atoms with Crippen molar-refractivity contribution in [2.75, 3.05) is 32.7 Å². The summed E-state index contributed by atoms with van der Waals surface area (Å²) in [5.74, 6) is 1.51. The van der Waals surface area contributed by atoms with Crippen molar-refractivity contribution < 1.29 is 9.59 Å². The quantitative estimate of drug-likeness (QED) is 0.889. The number of fused-ring (bicyclic) bond motifs is 2. The highest BCUT2D eigenvalue weighted by atomic mass is 16.2. The van der Waals surface area contributed by atoms with Crippen molar-refractivity contribution >= 4 is 11.8 Å². The summed E-state index contributed by atoms with van der Waals surface area (Å²) in [4.78, 5) is 28.7. The molecule has 0 bridgehead atoms. The van der Waals surface area contributed by atoms with E-state index in [9.17, 15) is 9.59 Å². The first-order valence-corrected chi connectivity index (χ1v) is 8.58. The molecule has 2 saturated heterocycles. The van der Waals surface area contributed by atoms with Gasteiger partial charge in [0.15, 0.2) is 0 Å². The Bertz CT molecular complexity index is 616. The molecule has 1 aromatic carbocycles. The summed E-state index contributed by atoms with van der Waals surface area (Å²) in [5.41, 5.74) is 1.78. The Balaban J connectivity index is 1.38. The van der Waals surface area contributed by atoms with Crippen LogP contribution in [-0.2, 0) is 11.3 Å². The lowest BCUT2D eigenvalue weighted by molar-refractivity contribution is -0.132. The van der Waals surface area contributed by atoms with Gasteiger partial charge in [-0.25, -0.2) is 0 Å². The van der Waals surface area contributed by atoms with E-state index in [-0.39, 0.29) is 18.4 Å². The zero-order valence-electron chi connectivity index (χ0n) is 13.3. The third-order valence-electron chi connectivity index (χ3n) is 5.59. The summed E-state index contributed by atoms with van der Waals surface area (Å²) in [6.45, 7) is 4.61. The maximum absolute atomic E-state index is 12.6. The van der Waals surface area contributed by atoms with E-state index >= 15 is 0 Å². The van der Waals surface area contributed by atoms with Crippen LogP contribution in [0.1, 0.15) is 28.8 Å². The Kier molecular flexibility index (Phi) is 3.81. The molecule has 4 rings (SSSR count). The number of carbonyl (C=O) groups excluding carboxylic acids is 2. The lowest BCUT2D eigenvalue weighted by atomic mass is 9.92. The van der Waals surface area contributed by atoms with Crippen LogP contribution < -0.4 is 5.32 Å². The van der Waals surface area contributed by atoms with Crippen LogP contribution in [-0.4, -0.2) is 54.3 Å². The fourth-order valence-electron chi connectivity index (χ4n) is 4.17. The van der Waals surface area contributed by atoms with Crippen LogP contribution in [0.15, 0.2) is 24.3 Å².